The summed E-state index contributed by atoms with van der Waals surface area (Å²) in [4.78, 5) is 17.5. The Morgan fingerprint density at radius 1 is 1.19 bits per heavy atom. The van der Waals surface area contributed by atoms with Gasteiger partial charge in [0.05, 0.1) is 5.69 Å². The van der Waals surface area contributed by atoms with Crippen LogP contribution in [-0.2, 0) is 4.79 Å². The largest absolute Gasteiger partial charge is 0.352 e. The molecule has 0 aliphatic heterocycles. The van der Waals surface area contributed by atoms with Gasteiger partial charge in [-0.1, -0.05) is 54.2 Å². The van der Waals surface area contributed by atoms with E-state index >= 15 is 0 Å². The number of aryl methyl sites for hydroxylation is 2. The summed E-state index contributed by atoms with van der Waals surface area (Å²) in [6, 6.07) is 16.7. The van der Waals surface area contributed by atoms with Crippen molar-refractivity contribution in [1.29, 1.82) is 0 Å². The van der Waals surface area contributed by atoms with Crippen molar-refractivity contribution in [3.8, 4) is 5.69 Å². The van der Waals surface area contributed by atoms with Crippen LogP contribution >= 0.6 is 11.8 Å². The highest BCUT2D eigenvalue weighted by atomic mass is 32.2. The summed E-state index contributed by atoms with van der Waals surface area (Å²) in [7, 11) is 0. The first-order chi connectivity index (χ1) is 13.1. The van der Waals surface area contributed by atoms with Crippen LogP contribution in [0.5, 0.6) is 0 Å². The first-order valence-corrected chi connectivity index (χ1v) is 10.1. The minimum Gasteiger partial charge on any atom is -0.352 e. The number of carbonyl (C=O) groups is 1. The van der Waals surface area contributed by atoms with Crippen molar-refractivity contribution in [2.45, 2.75) is 43.1 Å². The van der Waals surface area contributed by atoms with Gasteiger partial charge < -0.3 is 5.32 Å². The quantitative estimate of drug-likeness (QED) is 0.639. The molecule has 2 aromatic carbocycles. The molecule has 1 aliphatic carbocycles. The molecule has 138 valence electrons. The second-order valence-corrected chi connectivity index (χ2v) is 8.13. The van der Waals surface area contributed by atoms with E-state index in [1.807, 2.05) is 36.5 Å². The maximum Gasteiger partial charge on any atom is 0.238 e. The molecule has 1 fully saturated rings. The lowest BCUT2D eigenvalue weighted by Gasteiger charge is -2.18. The standard InChI is InChI=1S/C22H23N3OS/c1-15-8-9-16(2)19(14-15)25-13-12-23-22(25)27-20(17-6-4-3-5-7-17)21(26)24-18-10-11-18/h3-9,12-14,18,20H,10-11H2,1-2H3,(H,24,26)/t20-/m1/s1. The molecular weight excluding hydrogens is 354 g/mol. The third-order valence-electron chi connectivity index (χ3n) is 4.72. The van der Waals surface area contributed by atoms with Crippen molar-refractivity contribution in [3.63, 3.8) is 0 Å². The van der Waals surface area contributed by atoms with Gasteiger partial charge in [0, 0.05) is 18.4 Å². The minimum absolute atomic E-state index is 0.0595. The molecule has 4 rings (SSSR count). The number of carbonyl (C=O) groups excluding carboxylic acids is 1. The molecule has 0 radical (unpaired) electrons. The van der Waals surface area contributed by atoms with Crippen LogP contribution in [-0.4, -0.2) is 21.5 Å². The smallest absolute Gasteiger partial charge is 0.238 e. The molecule has 1 saturated carbocycles. The third kappa shape index (κ3) is 4.08. The van der Waals surface area contributed by atoms with Gasteiger partial charge >= 0.3 is 0 Å². The van der Waals surface area contributed by atoms with E-state index in [-0.39, 0.29) is 11.2 Å². The second kappa shape index (κ2) is 7.61. The van der Waals surface area contributed by atoms with Crippen LogP contribution in [0.1, 0.15) is 34.8 Å². The fraction of sp³-hybridized carbons (Fsp3) is 0.273. The molecule has 0 bridgehead atoms. The van der Waals surface area contributed by atoms with E-state index < -0.39 is 0 Å². The molecular formula is C22H23N3OS. The maximum absolute atomic E-state index is 12.9. The van der Waals surface area contributed by atoms with Gasteiger partial charge in [0.25, 0.3) is 0 Å². The number of nitrogens with zero attached hydrogens (tertiary/aromatic N) is 2. The first-order valence-electron chi connectivity index (χ1n) is 9.25. The molecule has 5 heteroatoms. The minimum atomic E-state index is -0.321. The molecule has 1 aliphatic rings. The van der Waals surface area contributed by atoms with Crippen LogP contribution in [0.4, 0.5) is 0 Å². The average molecular weight is 378 g/mol. The predicted molar refractivity (Wildman–Crippen MR) is 109 cm³/mol. The molecule has 4 nitrogen and oxygen atoms in total. The van der Waals surface area contributed by atoms with Crippen molar-refractivity contribution < 1.29 is 4.79 Å². The summed E-state index contributed by atoms with van der Waals surface area (Å²) in [5, 5.41) is 3.65. The van der Waals surface area contributed by atoms with Gasteiger partial charge in [-0.3, -0.25) is 9.36 Å². The van der Waals surface area contributed by atoms with Crippen molar-refractivity contribution in [3.05, 3.63) is 77.6 Å². The second-order valence-electron chi connectivity index (χ2n) is 7.06. The summed E-state index contributed by atoms with van der Waals surface area (Å²) in [5.74, 6) is 0.0595. The molecule has 1 heterocycles. The van der Waals surface area contributed by atoms with Crippen LogP contribution in [0.2, 0.25) is 0 Å². The van der Waals surface area contributed by atoms with E-state index in [0.717, 1.165) is 29.2 Å². The third-order valence-corrected chi connectivity index (χ3v) is 5.95. The van der Waals surface area contributed by atoms with Crippen LogP contribution in [0.25, 0.3) is 5.69 Å². The number of rotatable bonds is 6. The lowest BCUT2D eigenvalue weighted by Crippen LogP contribution is -2.29. The molecule has 0 spiro atoms. The van der Waals surface area contributed by atoms with Crippen molar-refractivity contribution >= 4 is 17.7 Å². The zero-order valence-electron chi connectivity index (χ0n) is 15.6. The first kappa shape index (κ1) is 17.9. The Bertz CT molecular complexity index is 947. The van der Waals surface area contributed by atoms with E-state index in [4.69, 9.17) is 0 Å². The molecule has 1 N–H and O–H groups in total. The fourth-order valence-electron chi connectivity index (χ4n) is 3.05. The SMILES string of the molecule is Cc1ccc(C)c(-n2ccnc2S[C@@H](C(=O)NC2CC2)c2ccccc2)c1. The maximum atomic E-state index is 12.9. The summed E-state index contributed by atoms with van der Waals surface area (Å²) in [6.45, 7) is 4.18. The topological polar surface area (TPSA) is 46.9 Å². The van der Waals surface area contributed by atoms with Crippen LogP contribution < -0.4 is 5.32 Å². The van der Waals surface area contributed by atoms with E-state index in [1.165, 1.54) is 22.9 Å². The van der Waals surface area contributed by atoms with Crippen molar-refractivity contribution in [1.82, 2.24) is 14.9 Å². The summed E-state index contributed by atoms with van der Waals surface area (Å²) >= 11 is 1.50. The summed E-state index contributed by atoms with van der Waals surface area (Å²) in [6.07, 6.45) is 5.92. The molecule has 1 amide bonds. The van der Waals surface area contributed by atoms with Gasteiger partial charge in [-0.2, -0.15) is 0 Å². The zero-order valence-corrected chi connectivity index (χ0v) is 16.4. The molecule has 3 aromatic rings. The molecule has 27 heavy (non-hydrogen) atoms. The van der Waals surface area contributed by atoms with Crippen LogP contribution in [0.15, 0.2) is 66.1 Å². The lowest BCUT2D eigenvalue weighted by molar-refractivity contribution is -0.120. The molecule has 0 saturated heterocycles. The van der Waals surface area contributed by atoms with E-state index in [9.17, 15) is 4.79 Å². The Morgan fingerprint density at radius 3 is 2.70 bits per heavy atom. The summed E-state index contributed by atoms with van der Waals surface area (Å²) < 4.78 is 2.08. The number of hydrogen-bond acceptors (Lipinski definition) is 3. The lowest BCUT2D eigenvalue weighted by atomic mass is 10.1. The monoisotopic (exact) mass is 377 g/mol. The van der Waals surface area contributed by atoms with Crippen LogP contribution in [0, 0.1) is 13.8 Å². The predicted octanol–water partition coefficient (Wildman–Crippen LogP) is 4.60. The normalized spacial score (nSPS) is 14.7. The van der Waals surface area contributed by atoms with Gasteiger partial charge in [-0.15, -0.1) is 0 Å². The van der Waals surface area contributed by atoms with Gasteiger partial charge in [0.2, 0.25) is 5.91 Å². The molecule has 1 aromatic heterocycles. The van der Waals surface area contributed by atoms with Crippen molar-refractivity contribution in [2.75, 3.05) is 0 Å². The summed E-state index contributed by atoms with van der Waals surface area (Å²) in [5.41, 5.74) is 4.48. The Hall–Kier alpha value is -2.53. The van der Waals surface area contributed by atoms with Gasteiger partial charge in [-0.25, -0.2) is 4.98 Å². The highest BCUT2D eigenvalue weighted by molar-refractivity contribution is 8.00. The number of imidazole rings is 1. The number of hydrogen-bond donors (Lipinski definition) is 1. The van der Waals surface area contributed by atoms with Crippen LogP contribution in [0.3, 0.4) is 0 Å². The van der Waals surface area contributed by atoms with Gasteiger partial charge in [-0.05, 0) is 49.4 Å². The molecule has 0 unspecified atom stereocenters. The Balaban J connectivity index is 1.67. The Morgan fingerprint density at radius 2 is 1.96 bits per heavy atom. The number of benzene rings is 2. The number of aromatic nitrogens is 2. The van der Waals surface area contributed by atoms with E-state index in [1.54, 1.807) is 6.20 Å². The van der Waals surface area contributed by atoms with Gasteiger partial charge in [0.1, 0.15) is 5.25 Å². The molecule has 1 atom stereocenters. The van der Waals surface area contributed by atoms with E-state index in [2.05, 4.69) is 46.9 Å². The number of thioether (sulfide) groups is 1. The Kier molecular flexibility index (Phi) is 5.03. The van der Waals surface area contributed by atoms with E-state index in [0.29, 0.717) is 6.04 Å². The Labute approximate surface area is 164 Å². The number of amides is 1. The average Bonchev–Trinajstić information content (AvgIpc) is 3.37. The number of nitrogens with one attached hydrogen (secondary N) is 1. The van der Waals surface area contributed by atoms with Crippen molar-refractivity contribution in [2.24, 2.45) is 0 Å². The highest BCUT2D eigenvalue weighted by Gasteiger charge is 2.30. The van der Waals surface area contributed by atoms with Gasteiger partial charge in [0.15, 0.2) is 5.16 Å². The fourth-order valence-corrected chi connectivity index (χ4v) is 4.12. The highest BCUT2D eigenvalue weighted by Crippen LogP contribution is 2.37. The zero-order chi connectivity index (χ0) is 18.8.